The van der Waals surface area contributed by atoms with E-state index in [0.29, 0.717) is 12.1 Å². The Morgan fingerprint density at radius 3 is 1.82 bits per heavy atom. The summed E-state index contributed by atoms with van der Waals surface area (Å²) in [5.74, 6) is -1.29. The van der Waals surface area contributed by atoms with E-state index < -0.39 is 17.7 Å². The molecule has 6 heteroatoms. The Balaban J connectivity index is 1.53. The predicted octanol–water partition coefficient (Wildman–Crippen LogP) is 10.1. The Labute approximate surface area is 251 Å². The molecule has 212 valence electrons. The minimum Gasteiger partial charge on any atom is -0.507 e. The highest BCUT2D eigenvalue weighted by molar-refractivity contribution is 9.10. The number of halogens is 2. The average Bonchev–Trinajstić information content (AvgIpc) is 3.18. The normalized spacial score (nSPS) is 16.8. The SMILES string of the molecule is CCCCCCCCCCCCCCCCN1C(=O)C(=O)/C(=C(\O)c2cccc(Br)c2)C1c1ccc(Br)cc1. The first kappa shape index (κ1) is 31.6. The standard InChI is InChI=1S/C33H43Br2NO3/c1-2-3-4-5-6-7-8-9-10-11-12-13-14-15-23-36-30(25-19-21-27(34)22-20-25)29(32(38)33(36)39)31(37)26-17-16-18-28(35)24-26/h16-22,24,30,37H,2-15,23H2,1H3/b31-29-. The lowest BCUT2D eigenvalue weighted by molar-refractivity contribution is -0.139. The zero-order valence-corrected chi connectivity index (χ0v) is 26.4. The zero-order valence-electron chi connectivity index (χ0n) is 23.3. The van der Waals surface area contributed by atoms with Crippen molar-refractivity contribution in [3.05, 3.63) is 74.2 Å². The summed E-state index contributed by atoms with van der Waals surface area (Å²) >= 11 is 6.90. The molecule has 1 fully saturated rings. The fourth-order valence-corrected chi connectivity index (χ4v) is 6.03. The Kier molecular flexibility index (Phi) is 13.8. The topological polar surface area (TPSA) is 57.6 Å². The van der Waals surface area contributed by atoms with Crippen LogP contribution < -0.4 is 0 Å². The van der Waals surface area contributed by atoms with Gasteiger partial charge in [-0.25, -0.2) is 0 Å². The van der Waals surface area contributed by atoms with Crippen molar-refractivity contribution in [2.45, 2.75) is 103 Å². The maximum absolute atomic E-state index is 13.2. The molecule has 0 radical (unpaired) electrons. The summed E-state index contributed by atoms with van der Waals surface area (Å²) in [4.78, 5) is 28.0. The van der Waals surface area contributed by atoms with Crippen molar-refractivity contribution in [2.24, 2.45) is 0 Å². The molecule has 0 aliphatic carbocycles. The minimum absolute atomic E-state index is 0.133. The van der Waals surface area contributed by atoms with Gasteiger partial charge in [-0.05, 0) is 36.2 Å². The summed E-state index contributed by atoms with van der Waals surface area (Å²) in [5, 5.41) is 11.2. The van der Waals surface area contributed by atoms with Gasteiger partial charge in [0.15, 0.2) is 0 Å². The molecule has 1 aliphatic rings. The van der Waals surface area contributed by atoms with Crippen LogP contribution in [0.5, 0.6) is 0 Å². The number of rotatable bonds is 17. The number of ketones is 1. The molecule has 0 saturated carbocycles. The zero-order chi connectivity index (χ0) is 28.0. The summed E-state index contributed by atoms with van der Waals surface area (Å²) in [7, 11) is 0. The van der Waals surface area contributed by atoms with Gasteiger partial charge < -0.3 is 10.0 Å². The molecule has 0 spiro atoms. The molecule has 2 aromatic rings. The predicted molar refractivity (Wildman–Crippen MR) is 168 cm³/mol. The molecule has 1 heterocycles. The van der Waals surface area contributed by atoms with Gasteiger partial charge in [0.1, 0.15) is 5.76 Å². The first-order valence-corrected chi connectivity index (χ1v) is 16.3. The first-order valence-electron chi connectivity index (χ1n) is 14.7. The molecule has 3 rings (SSSR count). The number of Topliss-reactive ketones (excluding diaryl/α,β-unsaturated/α-hetero) is 1. The number of aliphatic hydroxyl groups excluding tert-OH is 1. The summed E-state index contributed by atoms with van der Waals surface area (Å²) < 4.78 is 1.71. The molecule has 39 heavy (non-hydrogen) atoms. The molecule has 0 bridgehead atoms. The lowest BCUT2D eigenvalue weighted by atomic mass is 9.95. The van der Waals surface area contributed by atoms with Crippen molar-refractivity contribution in [1.29, 1.82) is 0 Å². The molecule has 1 atom stereocenters. The number of amides is 1. The fraction of sp³-hybridized carbons (Fsp3) is 0.515. The van der Waals surface area contributed by atoms with Gasteiger partial charge in [-0.15, -0.1) is 0 Å². The molecular formula is C33H43Br2NO3. The lowest BCUT2D eigenvalue weighted by Gasteiger charge is -2.25. The van der Waals surface area contributed by atoms with Gasteiger partial charge in [-0.2, -0.15) is 0 Å². The number of carbonyl (C=O) groups is 2. The highest BCUT2D eigenvalue weighted by atomic mass is 79.9. The van der Waals surface area contributed by atoms with Crippen molar-refractivity contribution >= 4 is 49.3 Å². The van der Waals surface area contributed by atoms with Crippen LogP contribution in [0.3, 0.4) is 0 Å². The third kappa shape index (κ3) is 9.60. The molecule has 1 saturated heterocycles. The van der Waals surface area contributed by atoms with Crippen LogP contribution in [0.2, 0.25) is 0 Å². The number of hydrogen-bond donors (Lipinski definition) is 1. The van der Waals surface area contributed by atoms with E-state index in [2.05, 4.69) is 38.8 Å². The molecular weight excluding hydrogens is 618 g/mol. The van der Waals surface area contributed by atoms with Crippen molar-refractivity contribution in [3.8, 4) is 0 Å². The Bertz CT molecular complexity index is 1100. The van der Waals surface area contributed by atoms with E-state index in [1.807, 2.05) is 30.3 Å². The number of carbonyl (C=O) groups excluding carboxylic acids is 2. The average molecular weight is 662 g/mol. The first-order chi connectivity index (χ1) is 18.9. The molecule has 4 nitrogen and oxygen atoms in total. The Morgan fingerprint density at radius 2 is 1.28 bits per heavy atom. The van der Waals surface area contributed by atoms with Crippen molar-refractivity contribution < 1.29 is 14.7 Å². The number of likely N-dealkylation sites (tertiary alicyclic amines) is 1. The molecule has 2 aromatic carbocycles. The van der Waals surface area contributed by atoms with Crippen molar-refractivity contribution in [1.82, 2.24) is 4.90 Å². The monoisotopic (exact) mass is 659 g/mol. The second kappa shape index (κ2) is 17.0. The molecule has 1 N–H and O–H groups in total. The fourth-order valence-electron chi connectivity index (χ4n) is 5.37. The second-order valence-corrected chi connectivity index (χ2v) is 12.5. The highest BCUT2D eigenvalue weighted by Crippen LogP contribution is 2.40. The van der Waals surface area contributed by atoms with Gasteiger partial charge in [0.05, 0.1) is 11.6 Å². The van der Waals surface area contributed by atoms with Crippen molar-refractivity contribution in [3.63, 3.8) is 0 Å². The van der Waals surface area contributed by atoms with Crippen LogP contribution in [0.25, 0.3) is 5.76 Å². The highest BCUT2D eigenvalue weighted by Gasteiger charge is 2.45. The number of nitrogens with zero attached hydrogens (tertiary/aromatic N) is 1. The second-order valence-electron chi connectivity index (χ2n) is 10.7. The molecule has 1 unspecified atom stereocenters. The van der Waals surface area contributed by atoms with Crippen LogP contribution in [0.1, 0.15) is 114 Å². The van der Waals surface area contributed by atoms with E-state index in [1.54, 1.807) is 23.1 Å². The number of benzene rings is 2. The lowest BCUT2D eigenvalue weighted by Crippen LogP contribution is -2.30. The Morgan fingerprint density at radius 1 is 0.744 bits per heavy atom. The van der Waals surface area contributed by atoms with Gasteiger partial charge in [-0.1, -0.05) is 147 Å². The summed E-state index contributed by atoms with van der Waals surface area (Å²) in [5.41, 5.74) is 1.49. The maximum atomic E-state index is 13.2. The summed E-state index contributed by atoms with van der Waals surface area (Å²) in [6.07, 6.45) is 17.7. The van der Waals surface area contributed by atoms with Gasteiger partial charge >= 0.3 is 0 Å². The van der Waals surface area contributed by atoms with E-state index in [1.165, 1.54) is 70.6 Å². The number of aliphatic hydroxyl groups is 1. The van der Waals surface area contributed by atoms with Crippen LogP contribution in [-0.4, -0.2) is 28.2 Å². The third-order valence-electron chi connectivity index (χ3n) is 7.58. The molecule has 1 amide bonds. The number of unbranched alkanes of at least 4 members (excludes halogenated alkanes) is 13. The van der Waals surface area contributed by atoms with Crippen LogP contribution in [0.4, 0.5) is 0 Å². The molecule has 0 aromatic heterocycles. The quantitative estimate of drug-likeness (QED) is 0.0795. The number of hydrogen-bond acceptors (Lipinski definition) is 3. The van der Waals surface area contributed by atoms with Crippen LogP contribution in [0, 0.1) is 0 Å². The van der Waals surface area contributed by atoms with E-state index in [-0.39, 0.29) is 11.3 Å². The van der Waals surface area contributed by atoms with E-state index >= 15 is 0 Å². The van der Waals surface area contributed by atoms with Crippen LogP contribution >= 0.6 is 31.9 Å². The van der Waals surface area contributed by atoms with E-state index in [0.717, 1.165) is 33.8 Å². The minimum atomic E-state index is -0.620. The van der Waals surface area contributed by atoms with Crippen LogP contribution in [0.15, 0.2) is 63.0 Å². The van der Waals surface area contributed by atoms with Gasteiger partial charge in [0, 0.05) is 21.1 Å². The largest absolute Gasteiger partial charge is 0.507 e. The molecule has 1 aliphatic heterocycles. The van der Waals surface area contributed by atoms with E-state index in [4.69, 9.17) is 0 Å². The van der Waals surface area contributed by atoms with Crippen molar-refractivity contribution in [2.75, 3.05) is 6.54 Å². The van der Waals surface area contributed by atoms with E-state index in [9.17, 15) is 14.7 Å². The third-order valence-corrected chi connectivity index (χ3v) is 8.60. The van der Waals surface area contributed by atoms with Crippen LogP contribution in [-0.2, 0) is 9.59 Å². The summed E-state index contributed by atoms with van der Waals surface area (Å²) in [6, 6.07) is 14.2. The van der Waals surface area contributed by atoms with Gasteiger partial charge in [-0.3, -0.25) is 9.59 Å². The Hall–Kier alpha value is -1.92. The maximum Gasteiger partial charge on any atom is 0.295 e. The summed E-state index contributed by atoms with van der Waals surface area (Å²) in [6.45, 7) is 2.76. The van der Waals surface area contributed by atoms with Gasteiger partial charge in [0.2, 0.25) is 0 Å². The smallest absolute Gasteiger partial charge is 0.295 e. The van der Waals surface area contributed by atoms with Gasteiger partial charge in [0.25, 0.3) is 11.7 Å².